The van der Waals surface area contributed by atoms with Gasteiger partial charge in [0.05, 0.1) is 59.8 Å². The number of hydrogen-bond acceptors (Lipinski definition) is 15. The van der Waals surface area contributed by atoms with Gasteiger partial charge in [-0.1, -0.05) is 193 Å². The van der Waals surface area contributed by atoms with Gasteiger partial charge < -0.3 is 9.05 Å². The van der Waals surface area contributed by atoms with Crippen molar-refractivity contribution in [2.45, 2.75) is 45.2 Å². The Morgan fingerprint density at radius 3 is 1.27 bits per heavy atom. The molecule has 6 aliphatic rings. The van der Waals surface area contributed by atoms with Crippen LogP contribution in [0.15, 0.2) is 95.1 Å². The molecule has 0 aromatic heterocycles. The zero-order valence-electron chi connectivity index (χ0n) is 28.0. The van der Waals surface area contributed by atoms with Crippen LogP contribution in [0.1, 0.15) is 67.4 Å². The summed E-state index contributed by atoms with van der Waals surface area (Å²) in [6.45, 7) is 5.12. The van der Waals surface area contributed by atoms with Gasteiger partial charge in [-0.3, -0.25) is 4.57 Å². The average Bonchev–Trinajstić information content (AvgIpc) is 3.96. The predicted octanol–water partition coefficient (Wildman–Crippen LogP) is 16.4. The molecule has 2 aromatic carbocycles. The van der Waals surface area contributed by atoms with E-state index in [-0.39, 0.29) is 0 Å². The number of rotatable bonds is 11. The Hall–Kier alpha value is 1.23. The van der Waals surface area contributed by atoms with Crippen molar-refractivity contribution >= 4 is 154 Å². The van der Waals surface area contributed by atoms with Crippen molar-refractivity contribution in [1.29, 1.82) is 0 Å². The summed E-state index contributed by atoms with van der Waals surface area (Å²) in [5.74, 6) is 0. The van der Waals surface area contributed by atoms with E-state index in [0.29, 0.717) is 13.2 Å². The van der Waals surface area contributed by atoms with Gasteiger partial charge in [0, 0.05) is 5.57 Å². The van der Waals surface area contributed by atoms with Gasteiger partial charge in [-0.05, 0) is 47.6 Å². The van der Waals surface area contributed by atoms with Gasteiger partial charge in [0.1, 0.15) is 5.66 Å². The molecule has 0 radical (unpaired) electrons. The third-order valence-corrected chi connectivity index (χ3v) is 28.0. The van der Waals surface area contributed by atoms with Crippen LogP contribution in [-0.4, -0.2) is 25.7 Å². The van der Waals surface area contributed by atoms with Crippen LogP contribution in [0.4, 0.5) is 0 Å². The molecule has 0 unspecified atom stereocenters. The number of fused-ring (bicyclic) bond motifs is 2. The zero-order chi connectivity index (χ0) is 35.1. The van der Waals surface area contributed by atoms with Crippen molar-refractivity contribution in [2.75, 3.05) is 25.7 Å². The van der Waals surface area contributed by atoms with E-state index in [1.807, 2.05) is 141 Å². The number of unbranched alkanes of at least 4 members (excludes halogenated alkanes) is 2. The van der Waals surface area contributed by atoms with Gasteiger partial charge in [0.25, 0.3) is 0 Å². The van der Waals surface area contributed by atoms with Gasteiger partial charge in [0.15, 0.2) is 0 Å². The molecule has 8 rings (SSSR count). The summed E-state index contributed by atoms with van der Waals surface area (Å²) in [6.07, 6.45) is 8.02. The minimum Gasteiger partial charge on any atom is -0.308 e. The van der Waals surface area contributed by atoms with E-state index < -0.39 is 13.3 Å². The molecule has 0 bridgehead atoms. The second kappa shape index (κ2) is 17.4. The Labute approximate surface area is 352 Å². The van der Waals surface area contributed by atoms with E-state index in [0.717, 1.165) is 47.9 Å². The topological polar surface area (TPSA) is 35.5 Å². The first-order valence-corrected chi connectivity index (χ1v) is 28.6. The van der Waals surface area contributed by atoms with Crippen LogP contribution in [0.2, 0.25) is 0 Å². The number of thioether (sulfide) groups is 12. The lowest BCUT2D eigenvalue weighted by molar-refractivity contribution is 0.195. The molecule has 5 aliphatic heterocycles. The fraction of sp³-hybridized carbons (Fsp3) is 0.314. The maximum atomic E-state index is 14.9. The highest BCUT2D eigenvalue weighted by molar-refractivity contribution is 8.52. The van der Waals surface area contributed by atoms with Gasteiger partial charge in [0.2, 0.25) is 0 Å². The lowest BCUT2D eigenvalue weighted by Crippen LogP contribution is -2.17. The molecule has 0 fully saturated rings. The predicted molar refractivity (Wildman–Crippen MR) is 248 cm³/mol. The highest BCUT2D eigenvalue weighted by Gasteiger charge is 2.46. The van der Waals surface area contributed by atoms with Crippen LogP contribution < -0.4 is 0 Å². The normalized spacial score (nSPS) is 21.5. The Bertz CT molecular complexity index is 1890. The molecule has 0 saturated carbocycles. The molecule has 0 spiro atoms. The van der Waals surface area contributed by atoms with Crippen LogP contribution in [-0.2, 0) is 13.6 Å². The molecule has 268 valence electrons. The SMILES string of the molecule is CCCCOP(=O)(OCCCC)C1c2ccccc2C(=C2SC3=C(SC(=C4SC5=C(SC(=C6SC(SC)=C(SC)S6)S5)S4)S3)S2)c2ccccc21. The summed E-state index contributed by atoms with van der Waals surface area (Å²) in [5.41, 5.74) is 5.11. The van der Waals surface area contributed by atoms with Crippen LogP contribution in [0, 0.1) is 0 Å². The number of hydrogen-bond donors (Lipinski definition) is 0. The summed E-state index contributed by atoms with van der Waals surface area (Å²) >= 11 is 23.1. The Morgan fingerprint density at radius 2 is 0.902 bits per heavy atom. The molecule has 16 heteroatoms. The van der Waals surface area contributed by atoms with E-state index in [4.69, 9.17) is 9.05 Å². The van der Waals surface area contributed by atoms with Crippen molar-refractivity contribution in [3.8, 4) is 0 Å². The van der Waals surface area contributed by atoms with Crippen LogP contribution in [0.3, 0.4) is 0 Å². The first kappa shape index (κ1) is 39.1. The van der Waals surface area contributed by atoms with E-state index in [9.17, 15) is 4.57 Å². The highest BCUT2D eigenvalue weighted by Crippen LogP contribution is 2.76. The second-order valence-corrected chi connectivity index (χ2v) is 28.3. The molecule has 0 atom stereocenters. The highest BCUT2D eigenvalue weighted by atomic mass is 32.3. The van der Waals surface area contributed by atoms with Gasteiger partial charge in [-0.25, -0.2) is 0 Å². The average molecular weight is 917 g/mol. The van der Waals surface area contributed by atoms with Gasteiger partial charge in [-0.15, -0.1) is 23.5 Å². The first-order chi connectivity index (χ1) is 24.9. The second-order valence-electron chi connectivity index (χ2n) is 11.5. The molecule has 3 nitrogen and oxygen atoms in total. The summed E-state index contributed by atoms with van der Waals surface area (Å²) in [5, 5.41) is 0. The lowest BCUT2D eigenvalue weighted by Gasteiger charge is -2.35. The van der Waals surface area contributed by atoms with Crippen LogP contribution in [0.25, 0.3) is 5.57 Å². The summed E-state index contributed by atoms with van der Waals surface area (Å²) in [4.78, 5) is 0. The maximum Gasteiger partial charge on any atom is 0.342 e. The Morgan fingerprint density at radius 1 is 0.549 bits per heavy atom. The molecule has 5 heterocycles. The molecule has 51 heavy (non-hydrogen) atoms. The Kier molecular flexibility index (Phi) is 13.3. The van der Waals surface area contributed by atoms with E-state index in [1.54, 1.807) is 0 Å². The first-order valence-electron chi connectivity index (χ1n) is 16.3. The molecule has 0 N–H and O–H groups in total. The molecule has 2 aromatic rings. The monoisotopic (exact) mass is 916 g/mol. The van der Waals surface area contributed by atoms with Crippen molar-refractivity contribution in [1.82, 2.24) is 0 Å². The molecule has 1 aliphatic carbocycles. The summed E-state index contributed by atoms with van der Waals surface area (Å²) in [6, 6.07) is 17.0. The van der Waals surface area contributed by atoms with Gasteiger partial charge in [-0.2, -0.15) is 0 Å². The number of benzene rings is 2. The van der Waals surface area contributed by atoms with Gasteiger partial charge >= 0.3 is 7.60 Å². The molecule has 0 saturated heterocycles. The van der Waals surface area contributed by atoms with E-state index in [1.165, 1.54) is 52.2 Å². The lowest BCUT2D eigenvalue weighted by atomic mass is 9.82. The summed E-state index contributed by atoms with van der Waals surface area (Å²) < 4.78 is 43.0. The van der Waals surface area contributed by atoms with Crippen molar-refractivity contribution < 1.29 is 13.6 Å². The minimum absolute atomic E-state index is 0.433. The maximum absolute atomic E-state index is 14.9. The summed E-state index contributed by atoms with van der Waals surface area (Å²) in [7, 11) is -3.53. The zero-order valence-corrected chi connectivity index (χ0v) is 38.7. The fourth-order valence-electron chi connectivity index (χ4n) is 5.79. The fourth-order valence-corrected chi connectivity index (χ4v) is 26.5. The third-order valence-electron chi connectivity index (χ3n) is 8.17. The Balaban J connectivity index is 1.02. The van der Waals surface area contributed by atoms with Crippen molar-refractivity contribution in [3.63, 3.8) is 0 Å². The standard InChI is InChI=1S/C35H33O3PS12/c1-5-7-17-37-39(36,38-18-8-6-2)24-21-15-11-9-13-19(21)23(20-14-10-12-16-22(20)24)25-42-28-29(43-25)47-32(46-28)33-50-34-35(51-33)49-31(48-34)30-44-26(40-3)27(41-4)45-30/h9-16,24H,5-8,17-18H2,1-4H3. The molecular weight excluding hydrogens is 884 g/mol. The smallest absolute Gasteiger partial charge is 0.308 e. The molecule has 0 amide bonds. The van der Waals surface area contributed by atoms with Crippen LogP contribution >= 0.6 is 149 Å². The minimum atomic E-state index is -3.53. The van der Waals surface area contributed by atoms with Crippen molar-refractivity contribution in [3.05, 3.63) is 117 Å². The quantitative estimate of drug-likeness (QED) is 0.158. The third kappa shape index (κ3) is 7.92. The van der Waals surface area contributed by atoms with Crippen LogP contribution in [0.5, 0.6) is 0 Å². The van der Waals surface area contributed by atoms with E-state index >= 15 is 0 Å². The molecular formula is C35H33O3PS12. The van der Waals surface area contributed by atoms with Crippen molar-refractivity contribution in [2.24, 2.45) is 0 Å². The van der Waals surface area contributed by atoms with E-state index in [2.05, 4.69) is 74.9 Å². The largest absolute Gasteiger partial charge is 0.342 e.